The molecule has 0 aliphatic heterocycles. The summed E-state index contributed by atoms with van der Waals surface area (Å²) in [5, 5.41) is 3.17. The van der Waals surface area contributed by atoms with Crippen LogP contribution in [0.15, 0.2) is 18.2 Å². The summed E-state index contributed by atoms with van der Waals surface area (Å²) in [6.45, 7) is 1.75. The second-order valence-electron chi connectivity index (χ2n) is 4.08. The Bertz CT molecular complexity index is 347. The lowest BCUT2D eigenvalue weighted by Crippen LogP contribution is -2.45. The van der Waals surface area contributed by atoms with E-state index in [1.165, 1.54) is 0 Å². The maximum absolute atomic E-state index is 13.6. The molecule has 0 unspecified atom stereocenters. The van der Waals surface area contributed by atoms with Crippen molar-refractivity contribution in [2.24, 2.45) is 0 Å². The number of halogens is 1. The van der Waals surface area contributed by atoms with E-state index < -0.39 is 0 Å². The normalized spacial score (nSPS) is 24.7. The molecule has 0 radical (unpaired) electrons. The topological polar surface area (TPSA) is 21.3 Å². The van der Waals surface area contributed by atoms with E-state index in [-0.39, 0.29) is 11.9 Å². The summed E-state index contributed by atoms with van der Waals surface area (Å²) in [6, 6.07) is 5.79. The maximum Gasteiger partial charge on any atom is 0.167 e. The Morgan fingerprint density at radius 1 is 1.40 bits per heavy atom. The lowest BCUT2D eigenvalue weighted by molar-refractivity contribution is 0.0842. The lowest BCUT2D eigenvalue weighted by Gasteiger charge is -2.35. The molecule has 0 spiro atoms. The zero-order valence-electron chi connectivity index (χ0n) is 9.09. The predicted octanol–water partition coefficient (Wildman–Crippen LogP) is 2.26. The molecule has 15 heavy (non-hydrogen) atoms. The summed E-state index contributed by atoms with van der Waals surface area (Å²) >= 11 is 0. The number of benzene rings is 1. The number of nitrogens with one attached hydrogen (secondary N) is 1. The molecular formula is C12H16FNO. The predicted molar refractivity (Wildman–Crippen MR) is 57.6 cm³/mol. The van der Waals surface area contributed by atoms with Crippen LogP contribution in [0.5, 0.6) is 5.75 Å². The fraction of sp³-hybridized carbons (Fsp3) is 0.500. The van der Waals surface area contributed by atoms with Gasteiger partial charge in [-0.25, -0.2) is 4.39 Å². The van der Waals surface area contributed by atoms with Crippen LogP contribution in [-0.2, 0) is 0 Å². The van der Waals surface area contributed by atoms with E-state index >= 15 is 0 Å². The Morgan fingerprint density at radius 3 is 2.80 bits per heavy atom. The second kappa shape index (κ2) is 4.19. The van der Waals surface area contributed by atoms with E-state index in [9.17, 15) is 4.39 Å². The molecule has 3 heteroatoms. The number of aryl methyl sites for hydroxylation is 1. The van der Waals surface area contributed by atoms with Gasteiger partial charge >= 0.3 is 0 Å². The van der Waals surface area contributed by atoms with Crippen LogP contribution in [0.25, 0.3) is 0 Å². The summed E-state index contributed by atoms with van der Waals surface area (Å²) in [7, 11) is 1.94. The van der Waals surface area contributed by atoms with Crippen molar-refractivity contribution in [1.29, 1.82) is 0 Å². The number of ether oxygens (including phenoxy) is 1. The molecule has 1 aromatic carbocycles. The van der Waals surface area contributed by atoms with Gasteiger partial charge in [0.1, 0.15) is 6.10 Å². The Balaban J connectivity index is 1.97. The van der Waals surface area contributed by atoms with Gasteiger partial charge in [-0.3, -0.25) is 0 Å². The highest BCUT2D eigenvalue weighted by Gasteiger charge is 2.30. The fourth-order valence-electron chi connectivity index (χ4n) is 1.79. The van der Waals surface area contributed by atoms with Gasteiger partial charge in [0.25, 0.3) is 0 Å². The van der Waals surface area contributed by atoms with Crippen molar-refractivity contribution in [2.75, 3.05) is 7.05 Å². The van der Waals surface area contributed by atoms with Crippen LogP contribution in [0, 0.1) is 12.7 Å². The van der Waals surface area contributed by atoms with E-state index in [2.05, 4.69) is 5.32 Å². The summed E-state index contributed by atoms with van der Waals surface area (Å²) < 4.78 is 19.1. The molecule has 1 aliphatic rings. The molecule has 0 bridgehead atoms. The third-order valence-corrected chi connectivity index (χ3v) is 2.95. The molecule has 0 atom stereocenters. The first-order chi connectivity index (χ1) is 7.20. The Hall–Kier alpha value is -1.09. The van der Waals surface area contributed by atoms with Crippen LogP contribution in [0.2, 0.25) is 0 Å². The molecule has 0 saturated heterocycles. The van der Waals surface area contributed by atoms with Crippen molar-refractivity contribution in [3.63, 3.8) is 0 Å². The van der Waals surface area contributed by atoms with Crippen LogP contribution in [0.4, 0.5) is 4.39 Å². The van der Waals surface area contributed by atoms with Crippen LogP contribution >= 0.6 is 0 Å². The third-order valence-electron chi connectivity index (χ3n) is 2.95. The highest BCUT2D eigenvalue weighted by molar-refractivity contribution is 5.30. The highest BCUT2D eigenvalue weighted by Crippen LogP contribution is 2.28. The molecule has 2 nitrogen and oxygen atoms in total. The summed E-state index contributed by atoms with van der Waals surface area (Å²) in [4.78, 5) is 0. The quantitative estimate of drug-likeness (QED) is 0.824. The van der Waals surface area contributed by atoms with Gasteiger partial charge < -0.3 is 10.1 Å². The number of hydrogen-bond acceptors (Lipinski definition) is 2. The van der Waals surface area contributed by atoms with Crippen LogP contribution < -0.4 is 10.1 Å². The van der Waals surface area contributed by atoms with Crippen molar-refractivity contribution in [3.05, 3.63) is 29.6 Å². The molecule has 1 aliphatic carbocycles. The van der Waals surface area contributed by atoms with Crippen molar-refractivity contribution < 1.29 is 9.13 Å². The average molecular weight is 209 g/mol. The summed E-state index contributed by atoms with van der Waals surface area (Å²) in [5.74, 6) is 0.153. The van der Waals surface area contributed by atoms with Crippen molar-refractivity contribution in [2.45, 2.75) is 31.9 Å². The van der Waals surface area contributed by atoms with E-state index in [0.717, 1.165) is 12.8 Å². The maximum atomic E-state index is 13.6. The minimum atomic E-state index is -0.231. The van der Waals surface area contributed by atoms with E-state index in [4.69, 9.17) is 4.74 Å². The molecule has 0 aromatic heterocycles. The van der Waals surface area contributed by atoms with E-state index in [0.29, 0.717) is 17.4 Å². The first kappa shape index (κ1) is 10.4. The molecule has 1 aromatic rings. The Kier molecular flexibility index (Phi) is 2.91. The monoisotopic (exact) mass is 209 g/mol. The number of hydrogen-bond donors (Lipinski definition) is 1. The number of rotatable bonds is 3. The molecule has 0 heterocycles. The van der Waals surface area contributed by atoms with Crippen molar-refractivity contribution in [3.8, 4) is 5.75 Å². The molecular weight excluding hydrogens is 193 g/mol. The summed E-state index contributed by atoms with van der Waals surface area (Å²) in [5.41, 5.74) is 0.636. The molecule has 1 saturated carbocycles. The lowest BCUT2D eigenvalue weighted by atomic mass is 9.89. The molecule has 0 amide bonds. The Morgan fingerprint density at radius 2 is 2.13 bits per heavy atom. The van der Waals surface area contributed by atoms with Crippen LogP contribution in [-0.4, -0.2) is 19.2 Å². The zero-order valence-corrected chi connectivity index (χ0v) is 9.09. The van der Waals surface area contributed by atoms with Gasteiger partial charge in [-0.2, -0.15) is 0 Å². The molecule has 1 fully saturated rings. The first-order valence-electron chi connectivity index (χ1n) is 5.29. The van der Waals surface area contributed by atoms with Crippen molar-refractivity contribution in [1.82, 2.24) is 5.32 Å². The molecule has 1 N–H and O–H groups in total. The standard InChI is InChI=1S/C12H16FNO/c1-8-4-3-5-11(12(8)13)15-10-6-9(7-10)14-2/h3-5,9-10,14H,6-7H2,1-2H3. The largest absolute Gasteiger partial charge is 0.487 e. The van der Waals surface area contributed by atoms with Gasteiger partial charge in [-0.05, 0) is 38.4 Å². The SMILES string of the molecule is CNC1CC(Oc2cccc(C)c2F)C1. The second-order valence-corrected chi connectivity index (χ2v) is 4.08. The smallest absolute Gasteiger partial charge is 0.167 e. The zero-order chi connectivity index (χ0) is 10.8. The minimum Gasteiger partial charge on any atom is -0.487 e. The fourth-order valence-corrected chi connectivity index (χ4v) is 1.79. The average Bonchev–Trinajstić information content (AvgIpc) is 2.17. The van der Waals surface area contributed by atoms with Gasteiger partial charge in [-0.1, -0.05) is 12.1 Å². The minimum absolute atomic E-state index is 0.166. The van der Waals surface area contributed by atoms with Crippen LogP contribution in [0.1, 0.15) is 18.4 Å². The van der Waals surface area contributed by atoms with Gasteiger partial charge in [-0.15, -0.1) is 0 Å². The Labute approximate surface area is 89.4 Å². The van der Waals surface area contributed by atoms with Crippen molar-refractivity contribution >= 4 is 0 Å². The highest BCUT2D eigenvalue weighted by atomic mass is 19.1. The summed E-state index contributed by atoms with van der Waals surface area (Å²) in [6.07, 6.45) is 2.09. The van der Waals surface area contributed by atoms with E-state index in [1.807, 2.05) is 13.1 Å². The first-order valence-corrected chi connectivity index (χ1v) is 5.29. The molecule has 2 rings (SSSR count). The molecule has 82 valence electrons. The third kappa shape index (κ3) is 2.12. The van der Waals surface area contributed by atoms with E-state index in [1.54, 1.807) is 19.1 Å². The van der Waals surface area contributed by atoms with Gasteiger partial charge in [0, 0.05) is 6.04 Å². The van der Waals surface area contributed by atoms with Gasteiger partial charge in [0.05, 0.1) is 0 Å². The van der Waals surface area contributed by atoms with Crippen LogP contribution in [0.3, 0.4) is 0 Å². The van der Waals surface area contributed by atoms with Gasteiger partial charge in [0.2, 0.25) is 0 Å². The van der Waals surface area contributed by atoms with Gasteiger partial charge in [0.15, 0.2) is 11.6 Å².